The largest absolute Gasteiger partial charge is 0.490 e. The van der Waals surface area contributed by atoms with Crippen LogP contribution in [0.1, 0.15) is 39.2 Å². The third kappa shape index (κ3) is 5.73. The van der Waals surface area contributed by atoms with Crippen LogP contribution < -0.4 is 10.1 Å². The van der Waals surface area contributed by atoms with Gasteiger partial charge >= 0.3 is 0 Å². The van der Waals surface area contributed by atoms with Crippen LogP contribution in [0.2, 0.25) is 0 Å². The van der Waals surface area contributed by atoms with Gasteiger partial charge in [0, 0.05) is 6.04 Å². The summed E-state index contributed by atoms with van der Waals surface area (Å²) in [4.78, 5) is 0. The zero-order valence-corrected chi connectivity index (χ0v) is 11.5. The molecule has 1 rings (SSSR count). The summed E-state index contributed by atoms with van der Waals surface area (Å²) >= 11 is 0. The van der Waals surface area contributed by atoms with Crippen molar-refractivity contribution in [2.75, 3.05) is 6.54 Å². The molecule has 0 bridgehead atoms. The molecule has 1 N–H and O–H groups in total. The zero-order chi connectivity index (χ0) is 12.7. The molecule has 0 saturated heterocycles. The van der Waals surface area contributed by atoms with Crippen molar-refractivity contribution in [3.05, 3.63) is 29.8 Å². The molecule has 2 nitrogen and oxygen atoms in total. The highest BCUT2D eigenvalue weighted by atomic mass is 16.5. The minimum Gasteiger partial charge on any atom is -0.490 e. The number of ether oxygens (including phenoxy) is 1. The number of para-hydroxylation sites is 1. The molecule has 0 radical (unpaired) electrons. The van der Waals surface area contributed by atoms with Crippen LogP contribution in [0.4, 0.5) is 0 Å². The summed E-state index contributed by atoms with van der Waals surface area (Å²) < 4.78 is 5.92. The highest BCUT2D eigenvalue weighted by Crippen LogP contribution is 2.18. The molecule has 1 aromatic carbocycles. The van der Waals surface area contributed by atoms with E-state index in [2.05, 4.69) is 39.1 Å². The SMILES string of the molecule is Cc1ccccc1OC(C)CCCNC(C)C. The molecule has 0 aliphatic carbocycles. The number of aryl methyl sites for hydroxylation is 1. The van der Waals surface area contributed by atoms with Crippen molar-refractivity contribution in [3.8, 4) is 5.75 Å². The highest BCUT2D eigenvalue weighted by Gasteiger charge is 2.05. The van der Waals surface area contributed by atoms with E-state index in [1.54, 1.807) is 0 Å². The Morgan fingerprint density at radius 2 is 1.88 bits per heavy atom. The quantitative estimate of drug-likeness (QED) is 0.730. The lowest BCUT2D eigenvalue weighted by Gasteiger charge is -2.16. The fraction of sp³-hybridized carbons (Fsp3) is 0.600. The first kappa shape index (κ1) is 14.0. The van der Waals surface area contributed by atoms with Crippen LogP contribution in [0.3, 0.4) is 0 Å². The molecule has 2 heteroatoms. The average molecular weight is 235 g/mol. The van der Waals surface area contributed by atoms with Gasteiger partial charge in [0.15, 0.2) is 0 Å². The lowest BCUT2D eigenvalue weighted by Crippen LogP contribution is -2.25. The van der Waals surface area contributed by atoms with E-state index in [9.17, 15) is 0 Å². The Morgan fingerprint density at radius 1 is 1.18 bits per heavy atom. The van der Waals surface area contributed by atoms with E-state index in [1.165, 1.54) is 5.56 Å². The van der Waals surface area contributed by atoms with Gasteiger partial charge in [0.1, 0.15) is 5.75 Å². The van der Waals surface area contributed by atoms with Gasteiger partial charge in [0.25, 0.3) is 0 Å². The van der Waals surface area contributed by atoms with Gasteiger partial charge in [-0.2, -0.15) is 0 Å². The molecule has 1 aromatic rings. The van der Waals surface area contributed by atoms with E-state index in [0.717, 1.165) is 25.1 Å². The van der Waals surface area contributed by atoms with Crippen LogP contribution in [0.25, 0.3) is 0 Å². The summed E-state index contributed by atoms with van der Waals surface area (Å²) in [6.45, 7) is 9.64. The molecule has 0 heterocycles. The van der Waals surface area contributed by atoms with E-state index in [0.29, 0.717) is 6.04 Å². The van der Waals surface area contributed by atoms with Gasteiger partial charge in [-0.15, -0.1) is 0 Å². The predicted molar refractivity (Wildman–Crippen MR) is 73.6 cm³/mol. The Hall–Kier alpha value is -1.02. The fourth-order valence-corrected chi connectivity index (χ4v) is 1.74. The summed E-state index contributed by atoms with van der Waals surface area (Å²) in [5.74, 6) is 1.01. The van der Waals surface area contributed by atoms with E-state index < -0.39 is 0 Å². The number of benzene rings is 1. The van der Waals surface area contributed by atoms with Crippen LogP contribution in [0.15, 0.2) is 24.3 Å². The van der Waals surface area contributed by atoms with Crippen LogP contribution in [-0.2, 0) is 0 Å². The lowest BCUT2D eigenvalue weighted by atomic mass is 10.2. The van der Waals surface area contributed by atoms with Gasteiger partial charge in [-0.1, -0.05) is 32.0 Å². The number of hydrogen-bond acceptors (Lipinski definition) is 2. The van der Waals surface area contributed by atoms with Gasteiger partial charge < -0.3 is 10.1 Å². The molecule has 0 spiro atoms. The monoisotopic (exact) mass is 235 g/mol. The molecule has 17 heavy (non-hydrogen) atoms. The number of hydrogen-bond donors (Lipinski definition) is 1. The molecule has 0 fully saturated rings. The number of nitrogens with one attached hydrogen (secondary N) is 1. The molecule has 0 saturated carbocycles. The average Bonchev–Trinajstić information content (AvgIpc) is 2.27. The van der Waals surface area contributed by atoms with Crippen molar-refractivity contribution in [1.29, 1.82) is 0 Å². The molecule has 1 atom stereocenters. The lowest BCUT2D eigenvalue weighted by molar-refractivity contribution is 0.206. The normalized spacial score (nSPS) is 12.8. The summed E-state index contributed by atoms with van der Waals surface area (Å²) in [7, 11) is 0. The number of rotatable bonds is 7. The molecule has 0 aromatic heterocycles. The second-order valence-corrected chi connectivity index (χ2v) is 4.95. The molecule has 0 aliphatic rings. The second-order valence-electron chi connectivity index (χ2n) is 4.95. The molecule has 0 aliphatic heterocycles. The summed E-state index contributed by atoms with van der Waals surface area (Å²) in [5, 5.41) is 3.42. The first-order valence-electron chi connectivity index (χ1n) is 6.55. The Balaban J connectivity index is 2.25. The van der Waals surface area contributed by atoms with Crippen LogP contribution in [-0.4, -0.2) is 18.7 Å². The zero-order valence-electron chi connectivity index (χ0n) is 11.5. The standard InChI is InChI=1S/C15H25NO/c1-12(2)16-11-7-9-14(4)17-15-10-6-5-8-13(15)3/h5-6,8,10,12,14,16H,7,9,11H2,1-4H3. The third-order valence-electron chi connectivity index (χ3n) is 2.76. The van der Waals surface area contributed by atoms with Gasteiger partial charge in [0.2, 0.25) is 0 Å². The molecular weight excluding hydrogens is 210 g/mol. The predicted octanol–water partition coefficient (Wildman–Crippen LogP) is 3.54. The van der Waals surface area contributed by atoms with Gasteiger partial charge in [-0.05, 0) is 44.9 Å². The van der Waals surface area contributed by atoms with Crippen molar-refractivity contribution >= 4 is 0 Å². The van der Waals surface area contributed by atoms with Crippen molar-refractivity contribution in [2.45, 2.75) is 52.7 Å². The van der Waals surface area contributed by atoms with Crippen molar-refractivity contribution in [2.24, 2.45) is 0 Å². The van der Waals surface area contributed by atoms with Crippen molar-refractivity contribution in [3.63, 3.8) is 0 Å². The smallest absolute Gasteiger partial charge is 0.122 e. The van der Waals surface area contributed by atoms with Gasteiger partial charge in [-0.3, -0.25) is 0 Å². The van der Waals surface area contributed by atoms with E-state index in [4.69, 9.17) is 4.74 Å². The Morgan fingerprint density at radius 3 is 2.53 bits per heavy atom. The van der Waals surface area contributed by atoms with E-state index in [-0.39, 0.29) is 6.10 Å². The summed E-state index contributed by atoms with van der Waals surface area (Å²) in [6, 6.07) is 8.76. The van der Waals surface area contributed by atoms with Crippen LogP contribution in [0.5, 0.6) is 5.75 Å². The molecule has 1 unspecified atom stereocenters. The summed E-state index contributed by atoms with van der Waals surface area (Å²) in [6.07, 6.45) is 2.53. The maximum atomic E-state index is 5.92. The molecular formula is C15H25NO. The summed E-state index contributed by atoms with van der Waals surface area (Å²) in [5.41, 5.74) is 1.21. The Kier molecular flexibility index (Phi) is 6.06. The van der Waals surface area contributed by atoms with E-state index >= 15 is 0 Å². The van der Waals surface area contributed by atoms with Gasteiger partial charge in [-0.25, -0.2) is 0 Å². The highest BCUT2D eigenvalue weighted by molar-refractivity contribution is 5.31. The van der Waals surface area contributed by atoms with E-state index in [1.807, 2.05) is 18.2 Å². The minimum atomic E-state index is 0.282. The third-order valence-corrected chi connectivity index (χ3v) is 2.76. The van der Waals surface area contributed by atoms with Crippen LogP contribution in [0, 0.1) is 6.92 Å². The van der Waals surface area contributed by atoms with Gasteiger partial charge in [0.05, 0.1) is 6.10 Å². The molecule has 96 valence electrons. The topological polar surface area (TPSA) is 21.3 Å². The van der Waals surface area contributed by atoms with Crippen molar-refractivity contribution < 1.29 is 4.74 Å². The maximum absolute atomic E-state index is 5.92. The van der Waals surface area contributed by atoms with Crippen molar-refractivity contribution in [1.82, 2.24) is 5.32 Å². The second kappa shape index (κ2) is 7.33. The first-order chi connectivity index (χ1) is 8.09. The first-order valence-corrected chi connectivity index (χ1v) is 6.55. The van der Waals surface area contributed by atoms with Crippen LogP contribution >= 0.6 is 0 Å². The maximum Gasteiger partial charge on any atom is 0.122 e. The Bertz CT molecular complexity index is 322. The Labute approximate surface area is 105 Å². The minimum absolute atomic E-state index is 0.282. The molecule has 0 amide bonds. The fourth-order valence-electron chi connectivity index (χ4n) is 1.74.